The van der Waals surface area contributed by atoms with E-state index in [2.05, 4.69) is 16.9 Å². The van der Waals surface area contributed by atoms with Crippen LogP contribution in [-0.4, -0.2) is 31.3 Å². The molecule has 1 aromatic rings. The Labute approximate surface area is 100 Å². The lowest BCUT2D eigenvalue weighted by molar-refractivity contribution is 0.0855. The lowest BCUT2D eigenvalue weighted by atomic mass is 10.1. The zero-order valence-corrected chi connectivity index (χ0v) is 10.7. The smallest absolute Gasteiger partial charge is 0.185 e. The lowest BCUT2D eigenvalue weighted by Crippen LogP contribution is -2.36. The molecule has 0 radical (unpaired) electrons. The van der Waals surface area contributed by atoms with Crippen LogP contribution in [-0.2, 0) is 11.3 Å². The van der Waals surface area contributed by atoms with Crippen LogP contribution in [0.3, 0.4) is 0 Å². The number of ether oxygens (including phenoxy) is 1. The third kappa shape index (κ3) is 2.36. The second-order valence-electron chi connectivity index (χ2n) is 4.16. The van der Waals surface area contributed by atoms with Crippen molar-refractivity contribution in [3.63, 3.8) is 0 Å². The number of nitrogens with zero attached hydrogens (tertiary/aromatic N) is 2. The van der Waals surface area contributed by atoms with Gasteiger partial charge < -0.3 is 15.4 Å². The number of aryl methyl sites for hydroxylation is 1. The van der Waals surface area contributed by atoms with Crippen molar-refractivity contribution < 1.29 is 4.74 Å². The number of rotatable bonds is 3. The van der Waals surface area contributed by atoms with E-state index in [0.717, 1.165) is 36.9 Å². The van der Waals surface area contributed by atoms with Crippen LogP contribution in [0.1, 0.15) is 23.4 Å². The van der Waals surface area contributed by atoms with Crippen LogP contribution < -0.4 is 10.6 Å². The van der Waals surface area contributed by atoms with Gasteiger partial charge in [-0.05, 0) is 19.8 Å². The Morgan fingerprint density at radius 2 is 2.19 bits per heavy atom. The Bertz CT molecular complexity index is 347. The molecular formula is C11H19N3OS. The number of hydrogen-bond acceptors (Lipinski definition) is 5. The van der Waals surface area contributed by atoms with Crippen LogP contribution in [0.5, 0.6) is 0 Å². The molecule has 4 nitrogen and oxygen atoms in total. The summed E-state index contributed by atoms with van der Waals surface area (Å²) < 4.78 is 5.37. The SMILES string of the molecule is Cc1nc(N(C)C2CCOCC2)sc1CN. The molecule has 0 atom stereocenters. The van der Waals surface area contributed by atoms with Crippen LogP contribution in [0.25, 0.3) is 0 Å². The molecule has 0 aliphatic carbocycles. The molecule has 0 spiro atoms. The van der Waals surface area contributed by atoms with E-state index in [0.29, 0.717) is 12.6 Å². The number of aromatic nitrogens is 1. The van der Waals surface area contributed by atoms with Crippen LogP contribution in [0.15, 0.2) is 0 Å². The van der Waals surface area contributed by atoms with Gasteiger partial charge in [0.15, 0.2) is 5.13 Å². The third-order valence-electron chi connectivity index (χ3n) is 3.11. The quantitative estimate of drug-likeness (QED) is 0.872. The van der Waals surface area contributed by atoms with Crippen LogP contribution in [0.2, 0.25) is 0 Å². The normalized spacial score (nSPS) is 17.7. The van der Waals surface area contributed by atoms with Crippen molar-refractivity contribution in [3.05, 3.63) is 10.6 Å². The molecule has 0 aromatic carbocycles. The van der Waals surface area contributed by atoms with E-state index >= 15 is 0 Å². The maximum Gasteiger partial charge on any atom is 0.185 e. The second kappa shape index (κ2) is 5.12. The van der Waals surface area contributed by atoms with Gasteiger partial charge in [0.25, 0.3) is 0 Å². The second-order valence-corrected chi connectivity index (χ2v) is 5.23. The largest absolute Gasteiger partial charge is 0.381 e. The molecule has 2 heterocycles. The monoisotopic (exact) mass is 241 g/mol. The summed E-state index contributed by atoms with van der Waals surface area (Å²) >= 11 is 1.71. The van der Waals surface area contributed by atoms with Gasteiger partial charge in [-0.15, -0.1) is 11.3 Å². The summed E-state index contributed by atoms with van der Waals surface area (Å²) in [7, 11) is 2.12. The van der Waals surface area contributed by atoms with Crippen molar-refractivity contribution in [2.45, 2.75) is 32.4 Å². The van der Waals surface area contributed by atoms with Crippen molar-refractivity contribution >= 4 is 16.5 Å². The first-order valence-corrected chi connectivity index (χ1v) is 6.51. The highest BCUT2D eigenvalue weighted by Crippen LogP contribution is 2.28. The van der Waals surface area contributed by atoms with E-state index in [-0.39, 0.29) is 0 Å². The predicted octanol–water partition coefficient (Wildman–Crippen LogP) is 1.53. The van der Waals surface area contributed by atoms with Crippen molar-refractivity contribution in [3.8, 4) is 0 Å². The number of hydrogen-bond donors (Lipinski definition) is 1. The summed E-state index contributed by atoms with van der Waals surface area (Å²) in [6.45, 7) is 4.34. The third-order valence-corrected chi connectivity index (χ3v) is 4.38. The fourth-order valence-corrected chi connectivity index (χ4v) is 2.95. The Hall–Kier alpha value is -0.650. The molecular weight excluding hydrogens is 222 g/mol. The van der Waals surface area contributed by atoms with Crippen molar-refractivity contribution in [2.75, 3.05) is 25.2 Å². The average molecular weight is 241 g/mol. The fraction of sp³-hybridized carbons (Fsp3) is 0.727. The van der Waals surface area contributed by atoms with Gasteiger partial charge in [-0.25, -0.2) is 4.98 Å². The minimum atomic E-state index is 0.560. The van der Waals surface area contributed by atoms with Gasteiger partial charge >= 0.3 is 0 Å². The molecule has 1 saturated heterocycles. The van der Waals surface area contributed by atoms with Gasteiger partial charge in [-0.1, -0.05) is 0 Å². The standard InChI is InChI=1S/C11H19N3OS/c1-8-10(7-12)16-11(13-8)14(2)9-3-5-15-6-4-9/h9H,3-7,12H2,1-2H3. The average Bonchev–Trinajstić information content (AvgIpc) is 2.71. The topological polar surface area (TPSA) is 51.4 Å². The lowest BCUT2D eigenvalue weighted by Gasteiger charge is -2.30. The highest BCUT2D eigenvalue weighted by atomic mass is 32.1. The molecule has 0 bridgehead atoms. The summed E-state index contributed by atoms with van der Waals surface area (Å²) in [5.41, 5.74) is 6.75. The van der Waals surface area contributed by atoms with E-state index in [1.54, 1.807) is 11.3 Å². The molecule has 2 N–H and O–H groups in total. The van der Waals surface area contributed by atoms with Gasteiger partial charge in [0.05, 0.1) is 5.69 Å². The van der Waals surface area contributed by atoms with Crippen LogP contribution >= 0.6 is 11.3 Å². The van der Waals surface area contributed by atoms with Crippen molar-refractivity contribution in [1.29, 1.82) is 0 Å². The summed E-state index contributed by atoms with van der Waals surface area (Å²) in [6, 6.07) is 0.560. The molecule has 1 aliphatic rings. The predicted molar refractivity (Wildman–Crippen MR) is 67.0 cm³/mol. The van der Waals surface area contributed by atoms with Crippen LogP contribution in [0.4, 0.5) is 5.13 Å². The van der Waals surface area contributed by atoms with Crippen LogP contribution in [0, 0.1) is 6.92 Å². The number of anilines is 1. The molecule has 1 aromatic heterocycles. The first-order valence-electron chi connectivity index (χ1n) is 5.69. The summed E-state index contributed by atoms with van der Waals surface area (Å²) in [6.07, 6.45) is 2.18. The zero-order valence-electron chi connectivity index (χ0n) is 9.90. The minimum Gasteiger partial charge on any atom is -0.381 e. The maximum absolute atomic E-state index is 5.67. The van der Waals surface area contributed by atoms with E-state index in [4.69, 9.17) is 10.5 Å². The molecule has 0 saturated carbocycles. The van der Waals surface area contributed by atoms with E-state index in [1.807, 2.05) is 6.92 Å². The molecule has 0 amide bonds. The Morgan fingerprint density at radius 1 is 1.50 bits per heavy atom. The highest BCUT2D eigenvalue weighted by Gasteiger charge is 2.21. The first kappa shape index (κ1) is 11.8. The van der Waals surface area contributed by atoms with E-state index in [9.17, 15) is 0 Å². The summed E-state index contributed by atoms with van der Waals surface area (Å²) in [4.78, 5) is 8.05. The number of nitrogens with two attached hydrogens (primary N) is 1. The molecule has 5 heteroatoms. The van der Waals surface area contributed by atoms with Gasteiger partial charge in [0.1, 0.15) is 0 Å². The molecule has 1 aliphatic heterocycles. The number of thiazole rings is 1. The van der Waals surface area contributed by atoms with E-state index in [1.165, 1.54) is 4.88 Å². The molecule has 2 rings (SSSR count). The molecule has 0 unspecified atom stereocenters. The molecule has 1 fully saturated rings. The Morgan fingerprint density at radius 3 is 2.75 bits per heavy atom. The Kier molecular flexibility index (Phi) is 3.78. The summed E-state index contributed by atoms with van der Waals surface area (Å²) in [5, 5.41) is 1.09. The minimum absolute atomic E-state index is 0.560. The van der Waals surface area contributed by atoms with Crippen molar-refractivity contribution in [1.82, 2.24) is 4.98 Å². The van der Waals surface area contributed by atoms with Crippen molar-refractivity contribution in [2.24, 2.45) is 5.73 Å². The van der Waals surface area contributed by atoms with Gasteiger partial charge in [0.2, 0.25) is 0 Å². The molecule has 90 valence electrons. The first-order chi connectivity index (χ1) is 7.72. The maximum atomic E-state index is 5.67. The zero-order chi connectivity index (χ0) is 11.5. The summed E-state index contributed by atoms with van der Waals surface area (Å²) in [5.74, 6) is 0. The fourth-order valence-electron chi connectivity index (χ4n) is 1.98. The van der Waals surface area contributed by atoms with Gasteiger partial charge in [0, 0.05) is 37.7 Å². The van der Waals surface area contributed by atoms with Gasteiger partial charge in [-0.2, -0.15) is 0 Å². The highest BCUT2D eigenvalue weighted by molar-refractivity contribution is 7.15. The van der Waals surface area contributed by atoms with E-state index < -0.39 is 0 Å². The molecule has 16 heavy (non-hydrogen) atoms. The van der Waals surface area contributed by atoms with Gasteiger partial charge in [-0.3, -0.25) is 0 Å². The Balaban J connectivity index is 2.09.